The van der Waals surface area contributed by atoms with E-state index in [0.29, 0.717) is 19.0 Å². The third kappa shape index (κ3) is 16.0. The number of carbonyl (C=O) groups excluding carboxylic acids is 2. The number of aliphatic hydroxyl groups excluding tert-OH is 1. The molecule has 7 nitrogen and oxygen atoms in total. The largest absolute Gasteiger partial charge is 0.459 e. The molecule has 2 unspecified atom stereocenters. The van der Waals surface area contributed by atoms with Crippen LogP contribution < -0.4 is 0 Å². The lowest BCUT2D eigenvalue weighted by molar-refractivity contribution is -0.158. The van der Waals surface area contributed by atoms with Crippen LogP contribution in [0.3, 0.4) is 0 Å². The fraction of sp³-hybridized carbons (Fsp3) is 0.562. The Morgan fingerprint density at radius 2 is 1.07 bits per heavy atom. The van der Waals surface area contributed by atoms with Gasteiger partial charge in [-0.2, -0.15) is 0 Å². The molecule has 2 atom stereocenters. The second kappa shape index (κ2) is 17.4. The van der Waals surface area contributed by atoms with E-state index >= 15 is 0 Å². The highest BCUT2D eigenvalue weighted by molar-refractivity contribution is 6.18. The van der Waals surface area contributed by atoms with Crippen LogP contribution in [0.1, 0.15) is 66.5 Å². The number of carbonyl (C=O) groups is 2. The van der Waals surface area contributed by atoms with Crippen LogP contribution in [0.4, 0.5) is 0 Å². The van der Waals surface area contributed by atoms with Crippen LogP contribution in [0.15, 0.2) is 60.7 Å². The summed E-state index contributed by atoms with van der Waals surface area (Å²) < 4.78 is 10.7. The summed E-state index contributed by atoms with van der Waals surface area (Å²) in [6, 6.07) is 20.0. The first-order chi connectivity index (χ1) is 18.6. The molecule has 0 fully saturated rings. The Labute approximate surface area is 246 Å². The van der Waals surface area contributed by atoms with Crippen molar-refractivity contribution < 1.29 is 24.2 Å². The van der Waals surface area contributed by atoms with Gasteiger partial charge in [-0.3, -0.25) is 19.4 Å². The summed E-state index contributed by atoms with van der Waals surface area (Å²) in [5, 5.41) is 9.33. The second-order valence-electron chi connectivity index (χ2n) is 12.0. The smallest absolute Gasteiger partial charge is 0.320 e. The van der Waals surface area contributed by atoms with Gasteiger partial charge in [-0.25, -0.2) is 0 Å². The second-order valence-corrected chi connectivity index (χ2v) is 12.3. The molecule has 0 spiro atoms. The van der Waals surface area contributed by atoms with Crippen molar-refractivity contribution in [3.05, 3.63) is 71.8 Å². The maximum atomic E-state index is 12.0. The summed E-state index contributed by atoms with van der Waals surface area (Å²) in [4.78, 5) is 27.9. The molecular weight excluding hydrogens is 528 g/mol. The highest BCUT2D eigenvalue weighted by atomic mass is 35.5. The number of hydrogen-bond acceptors (Lipinski definition) is 7. The number of aliphatic hydroxyl groups is 1. The predicted molar refractivity (Wildman–Crippen MR) is 162 cm³/mol. The molecular formula is C32H49ClN2O5. The van der Waals surface area contributed by atoms with Crippen molar-refractivity contribution in [1.29, 1.82) is 0 Å². The topological polar surface area (TPSA) is 79.3 Å². The van der Waals surface area contributed by atoms with Crippen LogP contribution in [-0.4, -0.2) is 75.7 Å². The van der Waals surface area contributed by atoms with Crippen molar-refractivity contribution in [3.8, 4) is 0 Å². The molecule has 0 aliphatic rings. The van der Waals surface area contributed by atoms with Crippen molar-refractivity contribution in [3.63, 3.8) is 0 Å². The molecule has 0 aliphatic carbocycles. The number of hydrogen-bond donors (Lipinski definition) is 1. The first kappa shape index (κ1) is 35.6. The number of esters is 2. The molecule has 40 heavy (non-hydrogen) atoms. The van der Waals surface area contributed by atoms with E-state index in [1.807, 2.05) is 126 Å². The highest BCUT2D eigenvalue weighted by Gasteiger charge is 2.23. The minimum atomic E-state index is -0.488. The van der Waals surface area contributed by atoms with Gasteiger partial charge in [0.1, 0.15) is 11.2 Å². The van der Waals surface area contributed by atoms with E-state index in [2.05, 4.69) is 0 Å². The SMILES string of the molecule is CC(CCl)N(CC(=O)OC(C)(C)C)Cc1ccccc1.CC(CO)N(CC(=O)OC(C)(C)C)Cc1ccccc1. The van der Waals surface area contributed by atoms with Crippen LogP contribution in [0, 0.1) is 0 Å². The van der Waals surface area contributed by atoms with Gasteiger partial charge < -0.3 is 14.6 Å². The molecule has 8 heteroatoms. The first-order valence-electron chi connectivity index (χ1n) is 13.8. The van der Waals surface area contributed by atoms with E-state index in [1.54, 1.807) is 0 Å². The molecule has 2 aromatic carbocycles. The molecule has 1 N–H and O–H groups in total. The quantitative estimate of drug-likeness (QED) is 0.258. The number of nitrogens with zero attached hydrogens (tertiary/aromatic N) is 2. The number of alkyl halides is 1. The fourth-order valence-electron chi connectivity index (χ4n) is 3.66. The minimum Gasteiger partial charge on any atom is -0.459 e. The zero-order valence-electron chi connectivity index (χ0n) is 25.5. The van der Waals surface area contributed by atoms with Crippen LogP contribution >= 0.6 is 11.6 Å². The van der Waals surface area contributed by atoms with Crippen LogP contribution in [0.5, 0.6) is 0 Å². The van der Waals surface area contributed by atoms with Gasteiger partial charge in [-0.05, 0) is 66.5 Å². The molecule has 0 radical (unpaired) electrons. The van der Waals surface area contributed by atoms with Crippen molar-refractivity contribution in [2.24, 2.45) is 0 Å². The normalized spacial score (nSPS) is 13.3. The van der Waals surface area contributed by atoms with E-state index in [-0.39, 0.29) is 43.7 Å². The lowest BCUT2D eigenvalue weighted by atomic mass is 10.1. The molecule has 0 amide bonds. The lowest BCUT2D eigenvalue weighted by Crippen LogP contribution is -2.41. The molecule has 0 aliphatic heterocycles. The Balaban J connectivity index is 0.000000400. The molecule has 0 aromatic heterocycles. The molecule has 224 valence electrons. The Kier molecular flexibility index (Phi) is 15.5. The Morgan fingerprint density at radius 3 is 1.38 bits per heavy atom. The monoisotopic (exact) mass is 576 g/mol. The number of benzene rings is 2. The van der Waals surface area contributed by atoms with Crippen molar-refractivity contribution in [2.75, 3.05) is 25.6 Å². The summed E-state index contributed by atoms with van der Waals surface area (Å²) >= 11 is 5.94. The van der Waals surface area contributed by atoms with Gasteiger partial charge in [0.25, 0.3) is 0 Å². The first-order valence-corrected chi connectivity index (χ1v) is 14.3. The van der Waals surface area contributed by atoms with E-state index in [1.165, 1.54) is 0 Å². The summed E-state index contributed by atoms with van der Waals surface area (Å²) in [7, 11) is 0. The van der Waals surface area contributed by atoms with Gasteiger partial charge in [0.15, 0.2) is 0 Å². The molecule has 0 heterocycles. The lowest BCUT2D eigenvalue weighted by Gasteiger charge is -2.28. The average molecular weight is 577 g/mol. The summed E-state index contributed by atoms with van der Waals surface area (Å²) in [5.41, 5.74) is 1.32. The van der Waals surface area contributed by atoms with E-state index < -0.39 is 11.2 Å². The van der Waals surface area contributed by atoms with E-state index in [4.69, 9.17) is 21.1 Å². The zero-order valence-corrected chi connectivity index (χ0v) is 26.3. The van der Waals surface area contributed by atoms with Gasteiger partial charge in [0, 0.05) is 31.1 Å². The Morgan fingerprint density at radius 1 is 0.725 bits per heavy atom. The summed E-state index contributed by atoms with van der Waals surface area (Å²) in [6.45, 7) is 16.8. The molecule has 2 rings (SSSR count). The standard InChI is InChI=1S/C16H24ClNO2.C16H25NO3/c1-13(10-17)18(11-14-8-6-5-7-9-14)12-15(19)20-16(2,3)4;1-13(12-18)17(10-14-8-6-5-7-9-14)11-15(19)20-16(2,3)4/h5-9,13H,10-12H2,1-4H3;5-9,13,18H,10-12H2,1-4H3. The average Bonchev–Trinajstić information content (AvgIpc) is 2.86. The third-order valence-electron chi connectivity index (χ3n) is 5.70. The fourth-order valence-corrected chi connectivity index (χ4v) is 3.86. The van der Waals surface area contributed by atoms with Crippen LogP contribution in [0.25, 0.3) is 0 Å². The Bertz CT molecular complexity index is 908. The van der Waals surface area contributed by atoms with Crippen molar-refractivity contribution in [1.82, 2.24) is 9.80 Å². The molecule has 0 bridgehead atoms. The van der Waals surface area contributed by atoms with Gasteiger partial charge >= 0.3 is 11.9 Å². The predicted octanol–water partition coefficient (Wildman–Crippen LogP) is 5.67. The number of ether oxygens (including phenoxy) is 2. The summed E-state index contributed by atoms with van der Waals surface area (Å²) in [6.07, 6.45) is 0. The van der Waals surface area contributed by atoms with Gasteiger partial charge in [-0.15, -0.1) is 11.6 Å². The van der Waals surface area contributed by atoms with Gasteiger partial charge in [0.05, 0.1) is 19.7 Å². The zero-order chi connectivity index (χ0) is 30.3. The number of halogens is 1. The molecule has 0 saturated heterocycles. The van der Waals surface area contributed by atoms with Crippen LogP contribution in [0.2, 0.25) is 0 Å². The van der Waals surface area contributed by atoms with E-state index in [9.17, 15) is 14.7 Å². The highest BCUT2D eigenvalue weighted by Crippen LogP contribution is 2.13. The number of rotatable bonds is 12. The van der Waals surface area contributed by atoms with Crippen molar-refractivity contribution >= 4 is 23.5 Å². The maximum absolute atomic E-state index is 12.0. The third-order valence-corrected chi connectivity index (χ3v) is 6.14. The maximum Gasteiger partial charge on any atom is 0.320 e. The van der Waals surface area contributed by atoms with Crippen LogP contribution in [-0.2, 0) is 32.2 Å². The minimum absolute atomic E-state index is 0.00955. The molecule has 2 aromatic rings. The molecule has 0 saturated carbocycles. The van der Waals surface area contributed by atoms with Gasteiger partial charge in [0.2, 0.25) is 0 Å². The van der Waals surface area contributed by atoms with Crippen molar-refractivity contribution in [2.45, 2.75) is 91.8 Å². The Hall–Kier alpha value is -2.45. The van der Waals surface area contributed by atoms with E-state index in [0.717, 1.165) is 11.1 Å². The summed E-state index contributed by atoms with van der Waals surface area (Å²) in [5.74, 6) is -0.00514. The van der Waals surface area contributed by atoms with Gasteiger partial charge in [-0.1, -0.05) is 60.7 Å².